The smallest absolute Gasteiger partial charge is 0.250 e. The molecule has 37 heavy (non-hydrogen) atoms. The van der Waals surface area contributed by atoms with E-state index in [1.54, 1.807) is 24.5 Å². The molecule has 4 heterocycles. The first-order chi connectivity index (χ1) is 18.0. The van der Waals surface area contributed by atoms with Gasteiger partial charge in [-0.15, -0.1) is 0 Å². The molecular weight excluding hydrogens is 508 g/mol. The van der Waals surface area contributed by atoms with Crippen molar-refractivity contribution >= 4 is 46.2 Å². The van der Waals surface area contributed by atoms with Gasteiger partial charge in [-0.3, -0.25) is 14.8 Å². The molecule has 5 rings (SSSR count). The van der Waals surface area contributed by atoms with Gasteiger partial charge in [0.05, 0.1) is 34.7 Å². The highest BCUT2D eigenvalue weighted by Crippen LogP contribution is 2.43. The van der Waals surface area contributed by atoms with Gasteiger partial charge < -0.3 is 24.8 Å². The van der Waals surface area contributed by atoms with Gasteiger partial charge in [-0.1, -0.05) is 23.7 Å². The van der Waals surface area contributed by atoms with E-state index in [2.05, 4.69) is 31.2 Å². The molecule has 1 amide bonds. The van der Waals surface area contributed by atoms with Crippen LogP contribution in [-0.2, 0) is 16.1 Å². The Morgan fingerprint density at radius 1 is 1.11 bits per heavy atom. The zero-order valence-electron chi connectivity index (χ0n) is 20.0. The van der Waals surface area contributed by atoms with Crippen LogP contribution in [0, 0.1) is 0 Å². The number of methoxy groups -OCH3 is 1. The van der Waals surface area contributed by atoms with Crippen LogP contribution in [0.5, 0.6) is 0 Å². The number of hydrogen-bond donors (Lipinski definition) is 2. The predicted octanol–water partition coefficient (Wildman–Crippen LogP) is 4.74. The van der Waals surface area contributed by atoms with Crippen molar-refractivity contribution in [2.75, 3.05) is 23.9 Å². The summed E-state index contributed by atoms with van der Waals surface area (Å²) in [6, 6.07) is 20.9. The third-order valence-electron chi connectivity index (χ3n) is 6.10. The second-order valence-corrected chi connectivity index (χ2v) is 9.32. The molecule has 0 bridgehead atoms. The lowest BCUT2D eigenvalue weighted by atomic mass is 10.0. The lowest BCUT2D eigenvalue weighted by Gasteiger charge is -2.29. The molecule has 2 atom stereocenters. The highest BCUT2D eigenvalue weighted by molar-refractivity contribution is 7.80. The van der Waals surface area contributed by atoms with Crippen LogP contribution in [0.4, 0.5) is 11.4 Å². The Hall–Kier alpha value is -3.79. The number of carbonyl (C=O) groups excluding carboxylic acids is 1. The summed E-state index contributed by atoms with van der Waals surface area (Å²) in [6.45, 7) is 0.555. The minimum absolute atomic E-state index is 0.0562. The summed E-state index contributed by atoms with van der Waals surface area (Å²) in [5, 5.41) is 7.18. The maximum atomic E-state index is 12.0. The van der Waals surface area contributed by atoms with Gasteiger partial charge in [0.2, 0.25) is 5.91 Å². The molecule has 1 aliphatic rings. The molecule has 188 valence electrons. The van der Waals surface area contributed by atoms with Crippen LogP contribution in [-0.4, -0.2) is 39.3 Å². The van der Waals surface area contributed by atoms with Gasteiger partial charge in [-0.05, 0) is 66.8 Å². The summed E-state index contributed by atoms with van der Waals surface area (Å²) in [5.41, 5.74) is 4.16. The molecule has 3 aromatic heterocycles. The number of benzene rings is 1. The van der Waals surface area contributed by atoms with Crippen molar-refractivity contribution in [3.8, 4) is 0 Å². The van der Waals surface area contributed by atoms with Crippen LogP contribution >= 0.6 is 23.8 Å². The van der Waals surface area contributed by atoms with E-state index in [1.165, 1.54) is 7.11 Å². The number of halogens is 1. The lowest BCUT2D eigenvalue weighted by molar-refractivity contribution is -0.119. The number of aromatic nitrogens is 3. The predicted molar refractivity (Wildman–Crippen MR) is 148 cm³/mol. The Morgan fingerprint density at radius 3 is 2.62 bits per heavy atom. The second-order valence-electron chi connectivity index (χ2n) is 8.52. The zero-order chi connectivity index (χ0) is 25.8. The van der Waals surface area contributed by atoms with E-state index in [9.17, 15) is 4.79 Å². The first-order valence-corrected chi connectivity index (χ1v) is 12.5. The van der Waals surface area contributed by atoms with Crippen molar-refractivity contribution < 1.29 is 9.53 Å². The van der Waals surface area contributed by atoms with Gasteiger partial charge in [0, 0.05) is 37.1 Å². The number of rotatable bonds is 8. The van der Waals surface area contributed by atoms with E-state index in [-0.39, 0.29) is 24.6 Å². The normalized spacial score (nSPS) is 17.0. The largest absolute Gasteiger partial charge is 0.375 e. The van der Waals surface area contributed by atoms with Gasteiger partial charge in [-0.25, -0.2) is 0 Å². The van der Waals surface area contributed by atoms with Crippen molar-refractivity contribution in [1.82, 2.24) is 19.9 Å². The van der Waals surface area contributed by atoms with E-state index in [0.717, 1.165) is 22.8 Å². The van der Waals surface area contributed by atoms with Gasteiger partial charge in [-0.2, -0.15) is 0 Å². The Balaban J connectivity index is 1.54. The minimum atomic E-state index is -0.282. The van der Waals surface area contributed by atoms with Crippen LogP contribution in [0.25, 0.3) is 0 Å². The molecule has 8 nitrogen and oxygen atoms in total. The third-order valence-corrected chi connectivity index (χ3v) is 6.73. The lowest BCUT2D eigenvalue weighted by Crippen LogP contribution is -2.30. The molecule has 0 unspecified atom stereocenters. The Labute approximate surface area is 225 Å². The highest BCUT2D eigenvalue weighted by Gasteiger charge is 2.42. The number of nitrogens with zero attached hydrogens (tertiary/aromatic N) is 4. The maximum absolute atomic E-state index is 12.0. The molecule has 0 radical (unpaired) electrons. The average Bonchev–Trinajstić information content (AvgIpc) is 3.50. The summed E-state index contributed by atoms with van der Waals surface area (Å²) < 4.78 is 7.07. The molecule has 1 aromatic carbocycles. The number of amides is 1. The number of nitrogens with one attached hydrogen (secondary N) is 2. The SMILES string of the molecule is COCC(=O)Nc1ccc(N2C(=S)N[C@H](c3ccccn3)[C@H]2c2cccn2Cc2ccccn2)cc1Cl. The average molecular weight is 533 g/mol. The molecule has 1 fully saturated rings. The van der Waals surface area contributed by atoms with Crippen LogP contribution < -0.4 is 15.5 Å². The summed E-state index contributed by atoms with van der Waals surface area (Å²) >= 11 is 12.4. The summed E-state index contributed by atoms with van der Waals surface area (Å²) in [6.07, 6.45) is 5.62. The first-order valence-electron chi connectivity index (χ1n) is 11.7. The zero-order valence-corrected chi connectivity index (χ0v) is 21.6. The number of hydrogen-bond acceptors (Lipinski definition) is 5. The molecule has 10 heteroatoms. The molecule has 2 N–H and O–H groups in total. The topological polar surface area (TPSA) is 84.3 Å². The Morgan fingerprint density at radius 2 is 1.92 bits per heavy atom. The van der Waals surface area contributed by atoms with E-state index >= 15 is 0 Å². The highest BCUT2D eigenvalue weighted by atomic mass is 35.5. The fourth-order valence-electron chi connectivity index (χ4n) is 4.51. The summed E-state index contributed by atoms with van der Waals surface area (Å²) in [5.74, 6) is -0.282. The summed E-state index contributed by atoms with van der Waals surface area (Å²) in [4.78, 5) is 23.2. The van der Waals surface area contributed by atoms with Crippen LogP contribution in [0.1, 0.15) is 29.2 Å². The third kappa shape index (κ3) is 5.34. The van der Waals surface area contributed by atoms with Gasteiger partial charge in [0.15, 0.2) is 5.11 Å². The van der Waals surface area contributed by atoms with E-state index < -0.39 is 0 Å². The van der Waals surface area contributed by atoms with Crippen LogP contribution in [0.2, 0.25) is 5.02 Å². The van der Waals surface area contributed by atoms with Crippen LogP contribution in [0.3, 0.4) is 0 Å². The number of ether oxygens (including phenoxy) is 1. The number of carbonyl (C=O) groups is 1. The molecule has 0 aliphatic carbocycles. The number of anilines is 2. The van der Waals surface area contributed by atoms with Gasteiger partial charge in [0.25, 0.3) is 0 Å². The molecule has 1 aliphatic heterocycles. The van der Waals surface area contributed by atoms with Gasteiger partial charge in [0.1, 0.15) is 12.6 Å². The molecule has 0 saturated carbocycles. The molecular formula is C27H25ClN6O2S. The fourth-order valence-corrected chi connectivity index (χ4v) is 5.08. The van der Waals surface area contributed by atoms with Crippen molar-refractivity contribution in [3.63, 3.8) is 0 Å². The monoisotopic (exact) mass is 532 g/mol. The van der Waals surface area contributed by atoms with E-state index in [0.29, 0.717) is 22.4 Å². The minimum Gasteiger partial charge on any atom is -0.375 e. The number of thiocarbonyl (C=S) groups is 1. The summed E-state index contributed by atoms with van der Waals surface area (Å²) in [7, 11) is 1.47. The van der Waals surface area contributed by atoms with E-state index in [1.807, 2.05) is 59.6 Å². The maximum Gasteiger partial charge on any atom is 0.250 e. The van der Waals surface area contributed by atoms with Gasteiger partial charge >= 0.3 is 0 Å². The van der Waals surface area contributed by atoms with Crippen molar-refractivity contribution in [3.05, 3.63) is 107 Å². The van der Waals surface area contributed by atoms with Crippen molar-refractivity contribution in [2.45, 2.75) is 18.6 Å². The Kier molecular flexibility index (Phi) is 7.45. The second kappa shape index (κ2) is 11.1. The number of pyridine rings is 2. The standard InChI is InChI=1S/C27H25ClN6O2S/c1-36-17-24(35)31-21-11-10-19(15-20(21)28)34-26(25(32-27(34)37)22-8-3-5-13-30-22)23-9-6-14-33(23)16-18-7-2-4-12-29-18/h2-15,25-26H,16-17H2,1H3,(H,31,35)(H,32,37)/t25-,26-/m1/s1. The quantitative estimate of drug-likeness (QED) is 0.317. The fraction of sp³-hybridized carbons (Fsp3) is 0.185. The molecule has 4 aromatic rings. The molecule has 1 saturated heterocycles. The van der Waals surface area contributed by atoms with Crippen molar-refractivity contribution in [1.29, 1.82) is 0 Å². The van der Waals surface area contributed by atoms with E-state index in [4.69, 9.17) is 28.6 Å². The van der Waals surface area contributed by atoms with Crippen molar-refractivity contribution in [2.24, 2.45) is 0 Å². The first kappa shape index (κ1) is 24.9. The van der Waals surface area contributed by atoms with Crippen LogP contribution in [0.15, 0.2) is 85.3 Å². The molecule has 0 spiro atoms. The Bertz CT molecular complexity index is 1400.